The van der Waals surface area contributed by atoms with Crippen LogP contribution in [0.15, 0.2) is 30.3 Å². The molecule has 1 aliphatic rings. The lowest BCUT2D eigenvalue weighted by Gasteiger charge is -2.30. The first-order valence-electron chi connectivity index (χ1n) is 8.51. The van der Waals surface area contributed by atoms with Crippen LogP contribution in [0.5, 0.6) is 0 Å². The van der Waals surface area contributed by atoms with Crippen molar-refractivity contribution in [2.45, 2.75) is 32.7 Å². The summed E-state index contributed by atoms with van der Waals surface area (Å²) in [6.07, 6.45) is 1.76. The summed E-state index contributed by atoms with van der Waals surface area (Å²) in [6, 6.07) is 10.7. The zero-order chi connectivity index (χ0) is 15.8. The fourth-order valence-electron chi connectivity index (χ4n) is 3.23. The van der Waals surface area contributed by atoms with Crippen LogP contribution < -0.4 is 10.6 Å². The molecular weight excluding hydrogens is 345 g/mol. The van der Waals surface area contributed by atoms with Crippen LogP contribution in [0.2, 0.25) is 0 Å². The summed E-state index contributed by atoms with van der Waals surface area (Å²) in [4.78, 5) is 14.6. The van der Waals surface area contributed by atoms with Crippen molar-refractivity contribution in [3.05, 3.63) is 35.9 Å². The van der Waals surface area contributed by atoms with Crippen molar-refractivity contribution >= 4 is 30.7 Å². The predicted molar refractivity (Wildman–Crippen MR) is 105 cm³/mol. The molecule has 1 fully saturated rings. The van der Waals surface area contributed by atoms with Gasteiger partial charge in [-0.1, -0.05) is 44.2 Å². The monoisotopic (exact) mass is 375 g/mol. The Labute approximate surface area is 158 Å². The lowest BCUT2D eigenvalue weighted by molar-refractivity contribution is -0.122. The van der Waals surface area contributed by atoms with Crippen molar-refractivity contribution in [2.24, 2.45) is 5.92 Å². The third-order valence-electron chi connectivity index (χ3n) is 4.57. The molecule has 24 heavy (non-hydrogen) atoms. The quantitative estimate of drug-likeness (QED) is 0.733. The lowest BCUT2D eigenvalue weighted by atomic mass is 10.0. The van der Waals surface area contributed by atoms with Crippen LogP contribution in [0.4, 0.5) is 0 Å². The van der Waals surface area contributed by atoms with E-state index in [0.29, 0.717) is 18.9 Å². The number of halogens is 2. The van der Waals surface area contributed by atoms with Gasteiger partial charge in [-0.2, -0.15) is 0 Å². The van der Waals surface area contributed by atoms with E-state index < -0.39 is 0 Å². The van der Waals surface area contributed by atoms with Crippen molar-refractivity contribution in [3.8, 4) is 0 Å². The van der Waals surface area contributed by atoms with Crippen LogP contribution in [0.25, 0.3) is 0 Å². The van der Waals surface area contributed by atoms with E-state index in [0.717, 1.165) is 32.6 Å². The van der Waals surface area contributed by atoms with Crippen LogP contribution in [-0.2, 0) is 4.79 Å². The molecule has 1 saturated heterocycles. The van der Waals surface area contributed by atoms with Gasteiger partial charge in [-0.15, -0.1) is 24.8 Å². The Morgan fingerprint density at radius 3 is 2.46 bits per heavy atom. The number of carbonyl (C=O) groups excluding carboxylic acids is 1. The van der Waals surface area contributed by atoms with Crippen LogP contribution in [0.1, 0.15) is 38.3 Å². The lowest BCUT2D eigenvalue weighted by Crippen LogP contribution is -2.38. The normalized spacial score (nSPS) is 17.7. The van der Waals surface area contributed by atoms with Crippen LogP contribution in [-0.4, -0.2) is 43.5 Å². The summed E-state index contributed by atoms with van der Waals surface area (Å²) < 4.78 is 0. The fourth-order valence-corrected chi connectivity index (χ4v) is 3.23. The van der Waals surface area contributed by atoms with Gasteiger partial charge in [-0.25, -0.2) is 0 Å². The minimum atomic E-state index is 0. The number of likely N-dealkylation sites (N-methyl/N-ethyl adjacent to an activating group) is 1. The van der Waals surface area contributed by atoms with E-state index in [1.54, 1.807) is 0 Å². The first-order valence-corrected chi connectivity index (χ1v) is 8.51. The highest BCUT2D eigenvalue weighted by Crippen LogP contribution is 2.20. The molecule has 4 nitrogen and oxygen atoms in total. The second-order valence-corrected chi connectivity index (χ2v) is 6.01. The van der Waals surface area contributed by atoms with Gasteiger partial charge in [0.1, 0.15) is 0 Å². The molecule has 2 rings (SSSR count). The van der Waals surface area contributed by atoms with Crippen molar-refractivity contribution in [3.63, 3.8) is 0 Å². The van der Waals surface area contributed by atoms with Crippen molar-refractivity contribution < 1.29 is 4.79 Å². The standard InChI is InChI=1S/C18H29N3O.2ClH/c1-3-21(4-2)17(16-8-6-5-7-9-16)14-20-18(22)12-15-10-11-19-13-15;;/h5-9,15,17,19H,3-4,10-14H2,1-2H3,(H,20,22);2*1H. The van der Waals surface area contributed by atoms with Gasteiger partial charge < -0.3 is 10.6 Å². The Balaban J connectivity index is 0.00000264. The second-order valence-electron chi connectivity index (χ2n) is 6.01. The largest absolute Gasteiger partial charge is 0.354 e. The minimum Gasteiger partial charge on any atom is -0.354 e. The van der Waals surface area contributed by atoms with Crippen LogP contribution in [0, 0.1) is 5.92 Å². The van der Waals surface area contributed by atoms with Gasteiger partial charge >= 0.3 is 0 Å². The Kier molecular flexibility index (Phi) is 12.1. The zero-order valence-corrected chi connectivity index (χ0v) is 16.3. The minimum absolute atomic E-state index is 0. The van der Waals surface area contributed by atoms with Crippen LogP contribution >= 0.6 is 24.8 Å². The summed E-state index contributed by atoms with van der Waals surface area (Å²) in [7, 11) is 0. The van der Waals surface area contributed by atoms with E-state index in [9.17, 15) is 4.79 Å². The average molecular weight is 376 g/mol. The maximum absolute atomic E-state index is 12.2. The number of amides is 1. The van der Waals surface area contributed by atoms with Gasteiger partial charge in [-0.3, -0.25) is 9.69 Å². The van der Waals surface area contributed by atoms with E-state index >= 15 is 0 Å². The number of rotatable bonds is 8. The van der Waals surface area contributed by atoms with E-state index in [-0.39, 0.29) is 36.8 Å². The molecule has 2 atom stereocenters. The highest BCUT2D eigenvalue weighted by molar-refractivity contribution is 5.85. The molecule has 1 aromatic carbocycles. The highest BCUT2D eigenvalue weighted by Gasteiger charge is 2.21. The van der Waals surface area contributed by atoms with Crippen LogP contribution in [0.3, 0.4) is 0 Å². The molecule has 1 amide bonds. The zero-order valence-electron chi connectivity index (χ0n) is 14.7. The van der Waals surface area contributed by atoms with E-state index in [1.165, 1.54) is 5.56 Å². The predicted octanol–water partition coefficient (Wildman–Crippen LogP) is 3.03. The molecule has 1 aliphatic heterocycles. The summed E-state index contributed by atoms with van der Waals surface area (Å²) in [5.74, 6) is 0.686. The molecule has 0 aromatic heterocycles. The summed E-state index contributed by atoms with van der Waals surface area (Å²) in [5, 5.41) is 6.47. The smallest absolute Gasteiger partial charge is 0.220 e. The SMILES string of the molecule is CCN(CC)C(CNC(=O)CC1CCNC1)c1ccccc1.Cl.Cl. The summed E-state index contributed by atoms with van der Waals surface area (Å²) in [5.41, 5.74) is 1.27. The molecule has 2 unspecified atom stereocenters. The van der Waals surface area contributed by atoms with E-state index in [1.807, 2.05) is 6.07 Å². The Morgan fingerprint density at radius 1 is 1.25 bits per heavy atom. The maximum Gasteiger partial charge on any atom is 0.220 e. The third kappa shape index (κ3) is 6.98. The average Bonchev–Trinajstić information content (AvgIpc) is 3.05. The Bertz CT molecular complexity index is 449. The molecule has 0 bridgehead atoms. The number of hydrogen-bond acceptors (Lipinski definition) is 3. The van der Waals surface area contributed by atoms with Gasteiger partial charge in [0.05, 0.1) is 6.04 Å². The molecule has 0 aliphatic carbocycles. The number of nitrogens with zero attached hydrogens (tertiary/aromatic N) is 1. The summed E-state index contributed by atoms with van der Waals surface area (Å²) in [6.45, 7) is 9.02. The maximum atomic E-state index is 12.2. The molecule has 0 spiro atoms. The van der Waals surface area contributed by atoms with Gasteiger partial charge in [0.15, 0.2) is 0 Å². The first kappa shape index (κ1) is 23.2. The molecule has 6 heteroatoms. The van der Waals surface area contributed by atoms with Gasteiger partial charge in [0.25, 0.3) is 0 Å². The summed E-state index contributed by atoms with van der Waals surface area (Å²) >= 11 is 0. The molecule has 138 valence electrons. The van der Waals surface area contributed by atoms with E-state index in [2.05, 4.69) is 53.6 Å². The van der Waals surface area contributed by atoms with E-state index in [4.69, 9.17) is 0 Å². The Morgan fingerprint density at radius 2 is 1.92 bits per heavy atom. The number of benzene rings is 1. The topological polar surface area (TPSA) is 44.4 Å². The van der Waals surface area contributed by atoms with Crippen molar-refractivity contribution in [1.82, 2.24) is 15.5 Å². The number of hydrogen-bond donors (Lipinski definition) is 2. The molecule has 2 N–H and O–H groups in total. The molecular formula is C18H31Cl2N3O. The van der Waals surface area contributed by atoms with Gasteiger partial charge in [-0.05, 0) is 44.1 Å². The van der Waals surface area contributed by atoms with Crippen molar-refractivity contribution in [2.75, 3.05) is 32.7 Å². The third-order valence-corrected chi connectivity index (χ3v) is 4.57. The highest BCUT2D eigenvalue weighted by atomic mass is 35.5. The van der Waals surface area contributed by atoms with Gasteiger partial charge in [0.2, 0.25) is 5.91 Å². The molecule has 1 heterocycles. The molecule has 0 radical (unpaired) electrons. The Hall–Kier alpha value is -0.810. The number of carbonyl (C=O) groups is 1. The molecule has 0 saturated carbocycles. The second kappa shape index (κ2) is 12.5. The first-order chi connectivity index (χ1) is 10.7. The number of nitrogens with one attached hydrogen (secondary N) is 2. The fraction of sp³-hybridized carbons (Fsp3) is 0.611. The van der Waals surface area contributed by atoms with Crippen molar-refractivity contribution in [1.29, 1.82) is 0 Å². The van der Waals surface area contributed by atoms with Gasteiger partial charge in [0, 0.05) is 13.0 Å². The molecule has 1 aromatic rings.